The fourth-order valence-corrected chi connectivity index (χ4v) is 3.35. The Kier molecular flexibility index (Phi) is 6.85. The summed E-state index contributed by atoms with van der Waals surface area (Å²) in [5.74, 6) is 0. The van der Waals surface area contributed by atoms with Gasteiger partial charge in [0.05, 0.1) is 18.7 Å². The van der Waals surface area contributed by atoms with Gasteiger partial charge in [-0.1, -0.05) is 43.2 Å². The Morgan fingerprint density at radius 3 is 2.55 bits per heavy atom. The van der Waals surface area contributed by atoms with Crippen LogP contribution in [0.25, 0.3) is 0 Å². The lowest BCUT2D eigenvalue weighted by Gasteiger charge is -2.30. The van der Waals surface area contributed by atoms with Crippen molar-refractivity contribution in [3.05, 3.63) is 35.9 Å². The van der Waals surface area contributed by atoms with E-state index in [2.05, 4.69) is 28.0 Å². The lowest BCUT2D eigenvalue weighted by Crippen LogP contribution is -2.43. The fraction of sp³-hybridized carbons (Fsp3) is 0.611. The first kappa shape index (κ1) is 17.0. The Morgan fingerprint density at radius 1 is 1.23 bits per heavy atom. The Hall–Kier alpha value is -1.41. The van der Waals surface area contributed by atoms with Crippen LogP contribution in [-0.2, 0) is 6.54 Å². The van der Waals surface area contributed by atoms with E-state index in [1.807, 2.05) is 25.2 Å². The Morgan fingerprint density at radius 2 is 1.91 bits per heavy atom. The summed E-state index contributed by atoms with van der Waals surface area (Å²) in [5.41, 5.74) is 1.25. The molecule has 22 heavy (non-hydrogen) atoms. The third-order valence-electron chi connectivity index (χ3n) is 4.38. The van der Waals surface area contributed by atoms with Crippen LogP contribution in [0.4, 0.5) is 0 Å². The van der Waals surface area contributed by atoms with Crippen molar-refractivity contribution in [1.29, 1.82) is 5.26 Å². The van der Waals surface area contributed by atoms with E-state index in [-0.39, 0.29) is 0 Å². The molecule has 1 unspecified atom stereocenters. The zero-order valence-electron chi connectivity index (χ0n) is 13.5. The maximum atomic E-state index is 10.4. The topological polar surface area (TPSA) is 50.5 Å². The second-order valence-electron chi connectivity index (χ2n) is 6.36. The maximum absolute atomic E-state index is 10.4. The van der Waals surface area contributed by atoms with Crippen LogP contribution in [0.2, 0.25) is 0 Å². The molecule has 1 atom stereocenters. The summed E-state index contributed by atoms with van der Waals surface area (Å²) < 4.78 is 0. The third-order valence-corrected chi connectivity index (χ3v) is 4.38. The van der Waals surface area contributed by atoms with Gasteiger partial charge in [-0.15, -0.1) is 0 Å². The second kappa shape index (κ2) is 8.89. The monoisotopic (exact) mass is 301 g/mol. The van der Waals surface area contributed by atoms with Crippen LogP contribution < -0.4 is 0 Å². The number of hydrogen-bond donors (Lipinski definition) is 1. The molecule has 1 aliphatic rings. The molecule has 1 aromatic carbocycles. The van der Waals surface area contributed by atoms with Gasteiger partial charge in [-0.05, 0) is 25.5 Å². The van der Waals surface area contributed by atoms with Gasteiger partial charge >= 0.3 is 0 Å². The van der Waals surface area contributed by atoms with Crippen molar-refractivity contribution in [3.63, 3.8) is 0 Å². The highest BCUT2D eigenvalue weighted by molar-refractivity contribution is 5.14. The van der Waals surface area contributed by atoms with Crippen molar-refractivity contribution in [2.75, 3.05) is 26.7 Å². The van der Waals surface area contributed by atoms with Gasteiger partial charge in [0.15, 0.2) is 0 Å². The summed E-state index contributed by atoms with van der Waals surface area (Å²) in [6.45, 7) is 2.48. The molecule has 2 rings (SSSR count). The fourth-order valence-electron chi connectivity index (χ4n) is 3.35. The summed E-state index contributed by atoms with van der Waals surface area (Å²) in [6.07, 6.45) is 4.40. The van der Waals surface area contributed by atoms with E-state index < -0.39 is 6.10 Å². The minimum Gasteiger partial charge on any atom is -0.390 e. The zero-order valence-corrected chi connectivity index (χ0v) is 13.5. The van der Waals surface area contributed by atoms with E-state index in [4.69, 9.17) is 5.26 Å². The van der Waals surface area contributed by atoms with E-state index in [1.54, 1.807) is 0 Å². The van der Waals surface area contributed by atoms with Crippen LogP contribution in [0.5, 0.6) is 0 Å². The largest absolute Gasteiger partial charge is 0.390 e. The van der Waals surface area contributed by atoms with E-state index in [9.17, 15) is 5.11 Å². The van der Waals surface area contributed by atoms with Crippen LogP contribution in [0, 0.1) is 11.3 Å². The number of nitriles is 1. The molecule has 1 N–H and O–H groups in total. The van der Waals surface area contributed by atoms with E-state index in [1.165, 1.54) is 18.4 Å². The smallest absolute Gasteiger partial charge is 0.0869 e. The van der Waals surface area contributed by atoms with Crippen LogP contribution >= 0.6 is 0 Å². The summed E-state index contributed by atoms with van der Waals surface area (Å²) in [4.78, 5) is 4.30. The molecule has 4 nitrogen and oxygen atoms in total. The average molecular weight is 301 g/mol. The number of aliphatic hydroxyl groups is 1. The Labute approximate surface area is 134 Å². The third kappa shape index (κ3) is 5.42. The minimum absolute atomic E-state index is 0.414. The first-order chi connectivity index (χ1) is 10.7. The average Bonchev–Trinajstić information content (AvgIpc) is 3.01. The lowest BCUT2D eigenvalue weighted by molar-refractivity contribution is 0.0689. The van der Waals surface area contributed by atoms with Crippen molar-refractivity contribution < 1.29 is 5.11 Å². The molecule has 1 aromatic rings. The first-order valence-corrected chi connectivity index (χ1v) is 8.20. The number of hydrogen-bond acceptors (Lipinski definition) is 4. The van der Waals surface area contributed by atoms with Gasteiger partial charge in [0.1, 0.15) is 0 Å². The zero-order chi connectivity index (χ0) is 15.8. The van der Waals surface area contributed by atoms with Gasteiger partial charge in [-0.25, -0.2) is 0 Å². The van der Waals surface area contributed by atoms with E-state index in [0.717, 1.165) is 19.4 Å². The van der Waals surface area contributed by atoms with Crippen molar-refractivity contribution in [1.82, 2.24) is 9.80 Å². The number of benzene rings is 1. The predicted molar refractivity (Wildman–Crippen MR) is 88.2 cm³/mol. The predicted octanol–water partition coefficient (Wildman–Crippen LogP) is 2.25. The molecule has 0 heterocycles. The lowest BCUT2D eigenvalue weighted by atomic mass is 10.1. The summed E-state index contributed by atoms with van der Waals surface area (Å²) in [5, 5.41) is 19.4. The molecule has 1 saturated carbocycles. The number of aliphatic hydroxyl groups excluding tert-OH is 1. The van der Waals surface area contributed by atoms with Crippen molar-refractivity contribution in [2.24, 2.45) is 0 Å². The van der Waals surface area contributed by atoms with E-state index in [0.29, 0.717) is 25.7 Å². The molecule has 0 spiro atoms. The van der Waals surface area contributed by atoms with Crippen LogP contribution in [-0.4, -0.2) is 53.7 Å². The van der Waals surface area contributed by atoms with Crippen molar-refractivity contribution in [3.8, 4) is 6.07 Å². The van der Waals surface area contributed by atoms with Gasteiger partial charge in [0, 0.05) is 25.7 Å². The van der Waals surface area contributed by atoms with Gasteiger partial charge in [0.25, 0.3) is 0 Å². The number of nitrogens with zero attached hydrogens (tertiary/aromatic N) is 3. The highest BCUT2D eigenvalue weighted by Crippen LogP contribution is 2.23. The molecule has 0 saturated heterocycles. The van der Waals surface area contributed by atoms with E-state index >= 15 is 0 Å². The van der Waals surface area contributed by atoms with Gasteiger partial charge in [0.2, 0.25) is 0 Å². The van der Waals surface area contributed by atoms with Crippen LogP contribution in [0.1, 0.15) is 31.2 Å². The van der Waals surface area contributed by atoms with Crippen LogP contribution in [0.3, 0.4) is 0 Å². The number of likely N-dealkylation sites (N-methyl/N-ethyl adjacent to an activating group) is 1. The maximum Gasteiger partial charge on any atom is 0.0869 e. The molecule has 0 aliphatic heterocycles. The molecular weight excluding hydrogens is 274 g/mol. The van der Waals surface area contributed by atoms with Gasteiger partial charge in [-0.3, -0.25) is 9.80 Å². The van der Waals surface area contributed by atoms with Gasteiger partial charge in [-0.2, -0.15) is 5.26 Å². The summed E-state index contributed by atoms with van der Waals surface area (Å²) >= 11 is 0. The molecule has 0 aromatic heterocycles. The molecular formula is C18H27N3O. The molecule has 0 bridgehead atoms. The minimum atomic E-state index is -0.414. The quantitative estimate of drug-likeness (QED) is 0.748. The standard InChI is InChI=1S/C18H27N3O/c1-20(13-16-7-3-2-4-8-16)14-18(22)15-21(12-11-19)17-9-5-6-10-17/h2-4,7-8,17-18,22H,5-6,9-10,12-15H2,1H3. The summed E-state index contributed by atoms with van der Waals surface area (Å²) in [6, 6.07) is 13.0. The Bertz CT molecular complexity index is 465. The summed E-state index contributed by atoms with van der Waals surface area (Å²) in [7, 11) is 2.03. The normalized spacial score (nSPS) is 17.0. The molecule has 1 aliphatic carbocycles. The number of rotatable bonds is 8. The van der Waals surface area contributed by atoms with Crippen LogP contribution in [0.15, 0.2) is 30.3 Å². The second-order valence-corrected chi connectivity index (χ2v) is 6.36. The first-order valence-electron chi connectivity index (χ1n) is 8.20. The SMILES string of the molecule is CN(Cc1ccccc1)CC(O)CN(CC#N)C1CCCC1. The Balaban J connectivity index is 1.79. The van der Waals surface area contributed by atoms with Crippen molar-refractivity contribution >= 4 is 0 Å². The van der Waals surface area contributed by atoms with Crippen molar-refractivity contribution in [2.45, 2.75) is 44.4 Å². The molecule has 0 amide bonds. The molecule has 1 fully saturated rings. The highest BCUT2D eigenvalue weighted by Gasteiger charge is 2.24. The van der Waals surface area contributed by atoms with Gasteiger partial charge < -0.3 is 5.11 Å². The molecule has 0 radical (unpaired) electrons. The highest BCUT2D eigenvalue weighted by atomic mass is 16.3. The molecule has 4 heteroatoms. The molecule has 120 valence electrons.